The summed E-state index contributed by atoms with van der Waals surface area (Å²) in [6.45, 7) is 2.17. The number of carbonyl (C=O) groups excluding carboxylic acids is 1. The molecule has 20 heavy (non-hydrogen) atoms. The van der Waals surface area contributed by atoms with E-state index < -0.39 is 0 Å². The van der Waals surface area contributed by atoms with Crippen LogP contribution in [0.4, 0.5) is 0 Å². The molecular weight excluding hydrogens is 250 g/mol. The van der Waals surface area contributed by atoms with Crippen LogP contribution in [-0.2, 0) is 17.6 Å². The minimum atomic E-state index is -0.251. The van der Waals surface area contributed by atoms with Gasteiger partial charge in [-0.3, -0.25) is 0 Å². The summed E-state index contributed by atoms with van der Waals surface area (Å²) < 4.78 is 7.17. The summed E-state index contributed by atoms with van der Waals surface area (Å²) in [5, 5.41) is 0. The van der Waals surface area contributed by atoms with E-state index in [0.29, 0.717) is 5.56 Å². The van der Waals surface area contributed by atoms with Crippen molar-refractivity contribution < 1.29 is 9.53 Å². The number of esters is 1. The fourth-order valence-electron chi connectivity index (χ4n) is 3.67. The van der Waals surface area contributed by atoms with Crippen molar-refractivity contribution in [2.45, 2.75) is 32.6 Å². The maximum Gasteiger partial charge on any atom is 0.340 e. The molecule has 0 amide bonds. The van der Waals surface area contributed by atoms with Crippen LogP contribution in [0, 0.1) is 6.92 Å². The molecule has 3 heteroatoms. The molecule has 0 aromatic carbocycles. The summed E-state index contributed by atoms with van der Waals surface area (Å²) in [6, 6.07) is 6.24. The molecular formula is C17H17NO2. The zero-order chi connectivity index (χ0) is 13.9. The van der Waals surface area contributed by atoms with E-state index >= 15 is 0 Å². The Bertz CT molecular complexity index is 828. The molecule has 0 unspecified atom stereocenters. The Kier molecular flexibility index (Phi) is 2.34. The molecule has 0 radical (unpaired) electrons. The number of nitrogens with zero attached hydrogens (tertiary/aromatic N) is 1. The molecule has 0 N–H and O–H groups in total. The molecule has 102 valence electrons. The van der Waals surface area contributed by atoms with Gasteiger partial charge in [0.25, 0.3) is 0 Å². The predicted octanol–water partition coefficient (Wildman–Crippen LogP) is 3.50. The third kappa shape index (κ3) is 1.33. The fraction of sp³-hybridized carbons (Fsp3) is 0.353. The van der Waals surface area contributed by atoms with Crippen LogP contribution in [0.5, 0.6) is 0 Å². The molecule has 0 aliphatic heterocycles. The van der Waals surface area contributed by atoms with Crippen LogP contribution in [0.15, 0.2) is 18.2 Å². The molecule has 0 bridgehead atoms. The first-order valence-electron chi connectivity index (χ1n) is 7.18. The van der Waals surface area contributed by atoms with Gasteiger partial charge in [-0.05, 0) is 61.4 Å². The van der Waals surface area contributed by atoms with Gasteiger partial charge in [-0.2, -0.15) is 0 Å². The van der Waals surface area contributed by atoms with Gasteiger partial charge in [-0.25, -0.2) is 4.79 Å². The standard InChI is InChI=1S/C17H17NO2/c1-10-12-6-4-3-5-11-7-8-14-13(17(19)20-2)9-15(10)18(14)16(11)12/h7-9H,3-6H2,1-2H3. The normalized spacial score (nSPS) is 14.9. The number of aromatic nitrogens is 1. The lowest BCUT2D eigenvalue weighted by Gasteiger charge is -2.05. The predicted molar refractivity (Wildman–Crippen MR) is 78.8 cm³/mol. The van der Waals surface area contributed by atoms with Crippen LogP contribution in [-0.4, -0.2) is 17.5 Å². The second kappa shape index (κ2) is 3.98. The minimum absolute atomic E-state index is 0.251. The molecule has 0 saturated carbocycles. The number of carbonyl (C=O) groups is 1. The molecule has 3 nitrogen and oxygen atoms in total. The molecule has 4 rings (SSSR count). The van der Waals surface area contributed by atoms with Gasteiger partial charge in [0.1, 0.15) is 0 Å². The Morgan fingerprint density at radius 1 is 1.20 bits per heavy atom. The Morgan fingerprint density at radius 2 is 2.00 bits per heavy atom. The average Bonchev–Trinajstić information content (AvgIpc) is 2.88. The third-order valence-electron chi connectivity index (χ3n) is 4.66. The van der Waals surface area contributed by atoms with E-state index in [-0.39, 0.29) is 5.97 Å². The largest absolute Gasteiger partial charge is 0.465 e. The molecule has 0 atom stereocenters. The zero-order valence-corrected chi connectivity index (χ0v) is 11.8. The van der Waals surface area contributed by atoms with Crippen molar-refractivity contribution in [3.05, 3.63) is 40.5 Å². The molecule has 3 heterocycles. The Morgan fingerprint density at radius 3 is 2.80 bits per heavy atom. The number of ether oxygens (including phenoxy) is 1. The van der Waals surface area contributed by atoms with Gasteiger partial charge in [0, 0.05) is 0 Å². The quantitative estimate of drug-likeness (QED) is 0.632. The SMILES string of the molecule is COC(=O)c1cc2c(C)c3c4c(ccc1n24)CCCC3. The van der Waals surface area contributed by atoms with Crippen LogP contribution in [0.2, 0.25) is 0 Å². The van der Waals surface area contributed by atoms with E-state index in [0.717, 1.165) is 23.9 Å². The van der Waals surface area contributed by atoms with Crippen LogP contribution in [0.1, 0.15) is 39.9 Å². The van der Waals surface area contributed by atoms with E-state index in [1.54, 1.807) is 0 Å². The summed E-state index contributed by atoms with van der Waals surface area (Å²) >= 11 is 0. The van der Waals surface area contributed by atoms with Crippen molar-refractivity contribution in [3.8, 4) is 0 Å². The van der Waals surface area contributed by atoms with E-state index in [1.807, 2.05) is 6.07 Å². The number of methoxy groups -OCH3 is 1. The minimum Gasteiger partial charge on any atom is -0.465 e. The smallest absolute Gasteiger partial charge is 0.340 e. The second-order valence-electron chi connectivity index (χ2n) is 5.67. The third-order valence-corrected chi connectivity index (χ3v) is 4.66. The lowest BCUT2D eigenvalue weighted by molar-refractivity contribution is 0.0603. The summed E-state index contributed by atoms with van der Waals surface area (Å²) in [5.74, 6) is -0.251. The van der Waals surface area contributed by atoms with E-state index in [4.69, 9.17) is 4.74 Å². The van der Waals surface area contributed by atoms with Crippen LogP contribution in [0.25, 0.3) is 16.6 Å². The topological polar surface area (TPSA) is 30.7 Å². The van der Waals surface area contributed by atoms with Gasteiger partial charge in [-0.1, -0.05) is 6.07 Å². The molecule has 1 aliphatic carbocycles. The molecule has 1 aliphatic rings. The Labute approximate surface area is 117 Å². The highest BCUT2D eigenvalue weighted by atomic mass is 16.5. The summed E-state index contributed by atoms with van der Waals surface area (Å²) in [4.78, 5) is 11.9. The van der Waals surface area contributed by atoms with E-state index in [1.165, 1.54) is 42.2 Å². The van der Waals surface area contributed by atoms with Gasteiger partial charge in [-0.15, -0.1) is 0 Å². The first kappa shape index (κ1) is 11.8. The summed E-state index contributed by atoms with van der Waals surface area (Å²) in [6.07, 6.45) is 4.77. The number of aryl methyl sites for hydroxylation is 3. The van der Waals surface area contributed by atoms with Crippen molar-refractivity contribution in [1.29, 1.82) is 0 Å². The molecule has 3 aromatic rings. The monoisotopic (exact) mass is 267 g/mol. The summed E-state index contributed by atoms with van der Waals surface area (Å²) in [7, 11) is 1.44. The fourth-order valence-corrected chi connectivity index (χ4v) is 3.67. The molecule has 3 aromatic heterocycles. The number of rotatable bonds is 1. The van der Waals surface area contributed by atoms with Crippen molar-refractivity contribution in [3.63, 3.8) is 0 Å². The number of hydrogen-bond acceptors (Lipinski definition) is 2. The first-order chi connectivity index (χ1) is 9.72. The molecule has 0 fully saturated rings. The number of pyridine rings is 1. The highest BCUT2D eigenvalue weighted by molar-refractivity contribution is 6.02. The highest BCUT2D eigenvalue weighted by Gasteiger charge is 2.24. The highest BCUT2D eigenvalue weighted by Crippen LogP contribution is 2.36. The van der Waals surface area contributed by atoms with Gasteiger partial charge in [0.2, 0.25) is 0 Å². The average molecular weight is 267 g/mol. The Balaban J connectivity index is 2.17. The lowest BCUT2D eigenvalue weighted by Crippen LogP contribution is -2.01. The van der Waals surface area contributed by atoms with Crippen LogP contribution >= 0.6 is 0 Å². The number of hydrogen-bond donors (Lipinski definition) is 0. The Hall–Kier alpha value is -2.03. The maximum absolute atomic E-state index is 11.9. The van der Waals surface area contributed by atoms with E-state index in [2.05, 4.69) is 23.5 Å². The van der Waals surface area contributed by atoms with Crippen molar-refractivity contribution in [2.75, 3.05) is 7.11 Å². The van der Waals surface area contributed by atoms with Crippen molar-refractivity contribution >= 4 is 22.5 Å². The van der Waals surface area contributed by atoms with Gasteiger partial charge < -0.3 is 9.14 Å². The van der Waals surface area contributed by atoms with Gasteiger partial charge in [0.05, 0.1) is 29.2 Å². The lowest BCUT2D eigenvalue weighted by atomic mass is 10.1. The van der Waals surface area contributed by atoms with Crippen LogP contribution in [0.3, 0.4) is 0 Å². The van der Waals surface area contributed by atoms with Gasteiger partial charge in [0.15, 0.2) is 0 Å². The van der Waals surface area contributed by atoms with Crippen molar-refractivity contribution in [1.82, 2.24) is 4.40 Å². The molecule has 0 saturated heterocycles. The maximum atomic E-state index is 11.9. The zero-order valence-electron chi connectivity index (χ0n) is 11.8. The molecule has 0 spiro atoms. The van der Waals surface area contributed by atoms with E-state index in [9.17, 15) is 4.79 Å². The van der Waals surface area contributed by atoms with Crippen molar-refractivity contribution in [2.24, 2.45) is 0 Å². The second-order valence-corrected chi connectivity index (χ2v) is 5.67. The summed E-state index contributed by atoms with van der Waals surface area (Å²) in [5.41, 5.74) is 8.34. The first-order valence-corrected chi connectivity index (χ1v) is 7.18. The van der Waals surface area contributed by atoms with Crippen LogP contribution < -0.4 is 0 Å². The van der Waals surface area contributed by atoms with Gasteiger partial charge >= 0.3 is 5.97 Å².